The van der Waals surface area contributed by atoms with Gasteiger partial charge in [0.25, 0.3) is 5.91 Å². The first kappa shape index (κ1) is 18.4. The van der Waals surface area contributed by atoms with Crippen LogP contribution >= 0.6 is 11.6 Å². The van der Waals surface area contributed by atoms with Crippen LogP contribution in [0, 0.1) is 5.92 Å². The molecule has 0 saturated carbocycles. The van der Waals surface area contributed by atoms with Crippen LogP contribution in [-0.4, -0.2) is 20.9 Å². The largest absolute Gasteiger partial charge is 0.322 e. The van der Waals surface area contributed by atoms with E-state index in [1.165, 1.54) is 12.1 Å². The summed E-state index contributed by atoms with van der Waals surface area (Å²) >= 11 is 5.80. The molecule has 0 atom stereocenters. The fourth-order valence-electron chi connectivity index (χ4n) is 1.90. The van der Waals surface area contributed by atoms with E-state index in [0.717, 1.165) is 0 Å². The molecule has 0 aliphatic carbocycles. The Morgan fingerprint density at radius 3 is 2.42 bits per heavy atom. The molecule has 128 valence electrons. The quantitative estimate of drug-likeness (QED) is 0.821. The van der Waals surface area contributed by atoms with E-state index >= 15 is 0 Å². The molecule has 0 saturated heterocycles. The topological polar surface area (TPSA) is 75.3 Å². The molecule has 0 bridgehead atoms. The summed E-state index contributed by atoms with van der Waals surface area (Å²) in [4.78, 5) is 12.3. The first-order valence-corrected chi connectivity index (χ1v) is 9.31. The first-order chi connectivity index (χ1) is 11.3. The maximum absolute atomic E-state index is 12.3. The second kappa shape index (κ2) is 7.79. The van der Waals surface area contributed by atoms with Gasteiger partial charge in [-0.05, 0) is 48.4 Å². The van der Waals surface area contributed by atoms with Gasteiger partial charge in [-0.25, -0.2) is 13.1 Å². The Kier molecular flexibility index (Phi) is 5.99. The van der Waals surface area contributed by atoms with Crippen LogP contribution in [0.3, 0.4) is 0 Å². The molecule has 2 aromatic carbocycles. The Labute approximate surface area is 147 Å². The zero-order chi connectivity index (χ0) is 17.7. The fraction of sp³-hybridized carbons (Fsp3) is 0.235. The second-order valence-electron chi connectivity index (χ2n) is 5.73. The third-order valence-corrected chi connectivity index (χ3v) is 4.86. The van der Waals surface area contributed by atoms with Gasteiger partial charge in [-0.3, -0.25) is 4.79 Å². The number of carbonyl (C=O) groups excluding carboxylic acids is 1. The van der Waals surface area contributed by atoms with Crippen LogP contribution in [0.1, 0.15) is 24.2 Å². The van der Waals surface area contributed by atoms with Gasteiger partial charge in [-0.15, -0.1) is 0 Å². The van der Waals surface area contributed by atoms with Gasteiger partial charge < -0.3 is 5.32 Å². The first-order valence-electron chi connectivity index (χ1n) is 7.44. The molecule has 7 heteroatoms. The molecule has 24 heavy (non-hydrogen) atoms. The lowest BCUT2D eigenvalue weighted by Gasteiger charge is -2.10. The minimum atomic E-state index is -3.64. The molecule has 0 aliphatic heterocycles. The summed E-state index contributed by atoms with van der Waals surface area (Å²) in [6.45, 7) is 4.17. The van der Waals surface area contributed by atoms with Crippen LogP contribution in [0.25, 0.3) is 0 Å². The van der Waals surface area contributed by atoms with E-state index in [1.807, 2.05) is 13.8 Å². The highest BCUT2D eigenvalue weighted by Crippen LogP contribution is 2.16. The van der Waals surface area contributed by atoms with Gasteiger partial charge in [0.1, 0.15) is 0 Å². The molecule has 0 radical (unpaired) electrons. The van der Waals surface area contributed by atoms with Gasteiger partial charge in [-0.1, -0.05) is 31.5 Å². The molecule has 0 aliphatic rings. The van der Waals surface area contributed by atoms with Gasteiger partial charge >= 0.3 is 0 Å². The minimum Gasteiger partial charge on any atom is -0.322 e. The van der Waals surface area contributed by atoms with E-state index < -0.39 is 15.9 Å². The Morgan fingerprint density at radius 1 is 1.12 bits per heavy atom. The molecule has 1 amide bonds. The van der Waals surface area contributed by atoms with Crippen LogP contribution in [0.5, 0.6) is 0 Å². The Balaban J connectivity index is 2.17. The SMILES string of the molecule is CC(C)CNS(=O)(=O)c1cccc(C(=O)Nc2ccc(Cl)cc2)c1. The normalized spacial score (nSPS) is 11.5. The van der Waals surface area contributed by atoms with Crippen molar-refractivity contribution in [2.24, 2.45) is 5.92 Å². The number of anilines is 1. The van der Waals surface area contributed by atoms with E-state index in [-0.39, 0.29) is 16.4 Å². The Bertz CT molecular complexity index is 818. The summed E-state index contributed by atoms with van der Waals surface area (Å²) in [5.74, 6) is -0.200. The molecule has 2 aromatic rings. The van der Waals surface area contributed by atoms with Crippen LogP contribution in [0.4, 0.5) is 5.69 Å². The Morgan fingerprint density at radius 2 is 1.79 bits per heavy atom. The highest BCUT2D eigenvalue weighted by atomic mass is 35.5. The molecular weight excluding hydrogens is 348 g/mol. The molecule has 5 nitrogen and oxygen atoms in total. The van der Waals surface area contributed by atoms with Crippen molar-refractivity contribution in [3.05, 3.63) is 59.1 Å². The van der Waals surface area contributed by atoms with Crippen molar-refractivity contribution in [2.45, 2.75) is 18.7 Å². The number of benzene rings is 2. The van der Waals surface area contributed by atoms with E-state index in [9.17, 15) is 13.2 Å². The van der Waals surface area contributed by atoms with Gasteiger partial charge in [0.05, 0.1) is 4.90 Å². The van der Waals surface area contributed by atoms with Gasteiger partial charge in [0.2, 0.25) is 10.0 Å². The van der Waals surface area contributed by atoms with E-state index in [0.29, 0.717) is 17.3 Å². The van der Waals surface area contributed by atoms with Crippen molar-refractivity contribution in [1.29, 1.82) is 0 Å². The summed E-state index contributed by atoms with van der Waals surface area (Å²) in [6, 6.07) is 12.6. The lowest BCUT2D eigenvalue weighted by Crippen LogP contribution is -2.27. The number of rotatable bonds is 6. The summed E-state index contributed by atoms with van der Waals surface area (Å²) < 4.78 is 27.0. The standard InChI is InChI=1S/C17H19ClN2O3S/c1-12(2)11-19-24(22,23)16-5-3-4-13(10-16)17(21)20-15-8-6-14(18)7-9-15/h3-10,12,19H,11H2,1-2H3,(H,20,21). The van der Waals surface area contributed by atoms with Crippen molar-refractivity contribution in [1.82, 2.24) is 4.72 Å². The van der Waals surface area contributed by atoms with E-state index in [1.54, 1.807) is 36.4 Å². The smallest absolute Gasteiger partial charge is 0.255 e. The zero-order valence-electron chi connectivity index (χ0n) is 13.4. The summed E-state index contributed by atoms with van der Waals surface area (Å²) in [6.07, 6.45) is 0. The highest BCUT2D eigenvalue weighted by molar-refractivity contribution is 7.89. The van der Waals surface area contributed by atoms with Gasteiger partial charge in [0, 0.05) is 22.8 Å². The maximum Gasteiger partial charge on any atom is 0.255 e. The average Bonchev–Trinajstić information content (AvgIpc) is 2.55. The number of hydrogen-bond acceptors (Lipinski definition) is 3. The van der Waals surface area contributed by atoms with Crippen molar-refractivity contribution >= 4 is 33.2 Å². The molecule has 0 aromatic heterocycles. The number of nitrogens with one attached hydrogen (secondary N) is 2. The van der Waals surface area contributed by atoms with Crippen molar-refractivity contribution in [3.8, 4) is 0 Å². The molecule has 0 heterocycles. The number of halogens is 1. The van der Waals surface area contributed by atoms with Crippen LogP contribution in [0.2, 0.25) is 5.02 Å². The lowest BCUT2D eigenvalue weighted by atomic mass is 10.2. The zero-order valence-corrected chi connectivity index (χ0v) is 15.0. The Hall–Kier alpha value is -1.89. The molecule has 0 spiro atoms. The summed E-state index contributed by atoms with van der Waals surface area (Å²) in [7, 11) is -3.64. The minimum absolute atomic E-state index is 0.0620. The van der Waals surface area contributed by atoms with Crippen LogP contribution < -0.4 is 10.0 Å². The van der Waals surface area contributed by atoms with Crippen LogP contribution in [-0.2, 0) is 10.0 Å². The highest BCUT2D eigenvalue weighted by Gasteiger charge is 2.16. The van der Waals surface area contributed by atoms with Crippen molar-refractivity contribution in [3.63, 3.8) is 0 Å². The van der Waals surface area contributed by atoms with Crippen LogP contribution in [0.15, 0.2) is 53.4 Å². The number of amides is 1. The van der Waals surface area contributed by atoms with Gasteiger partial charge in [-0.2, -0.15) is 0 Å². The summed E-state index contributed by atoms with van der Waals surface area (Å²) in [5, 5.41) is 3.27. The second-order valence-corrected chi connectivity index (χ2v) is 7.94. The number of carbonyl (C=O) groups is 1. The fourth-order valence-corrected chi connectivity index (χ4v) is 3.29. The van der Waals surface area contributed by atoms with E-state index in [4.69, 9.17) is 11.6 Å². The number of sulfonamides is 1. The average molecular weight is 367 g/mol. The predicted octanol–water partition coefficient (Wildman–Crippen LogP) is 3.53. The predicted molar refractivity (Wildman–Crippen MR) is 95.9 cm³/mol. The van der Waals surface area contributed by atoms with E-state index in [2.05, 4.69) is 10.0 Å². The van der Waals surface area contributed by atoms with Gasteiger partial charge in [0.15, 0.2) is 0 Å². The van der Waals surface area contributed by atoms with Crippen molar-refractivity contribution in [2.75, 3.05) is 11.9 Å². The number of hydrogen-bond donors (Lipinski definition) is 2. The monoisotopic (exact) mass is 366 g/mol. The molecule has 2 N–H and O–H groups in total. The third kappa shape index (κ3) is 5.06. The molecule has 0 fully saturated rings. The maximum atomic E-state index is 12.3. The molecule has 0 unspecified atom stereocenters. The third-order valence-electron chi connectivity index (χ3n) is 3.19. The van der Waals surface area contributed by atoms with Crippen molar-refractivity contribution < 1.29 is 13.2 Å². The molecule has 2 rings (SSSR count). The summed E-state index contributed by atoms with van der Waals surface area (Å²) in [5.41, 5.74) is 0.841. The molecular formula is C17H19ClN2O3S. The lowest BCUT2D eigenvalue weighted by molar-refractivity contribution is 0.102.